The SMILES string of the molecule is CO[C@@H]1COCC[C@@H]1C[C@@H]1CC[C@@](C(=O)N2C[C@@H]3C[C@H]2CN3c2cc(C(F)(F)F)cc(C(F)(F)F)n2)(C(C)C)C1. The van der Waals surface area contributed by atoms with Gasteiger partial charge in [-0.25, -0.2) is 4.98 Å². The number of halogens is 6. The monoisotopic (exact) mass is 577 g/mol. The van der Waals surface area contributed by atoms with Crippen molar-refractivity contribution in [2.75, 3.05) is 38.3 Å². The first-order valence-corrected chi connectivity index (χ1v) is 14.1. The van der Waals surface area contributed by atoms with E-state index in [-0.39, 0.29) is 55.0 Å². The van der Waals surface area contributed by atoms with Crippen LogP contribution in [0.25, 0.3) is 0 Å². The standard InChI is InChI=1S/C28H37F6N3O3/c1-16(2)26(6-4-17(12-26)8-18-5-7-40-15-22(18)39-3)25(38)37-14-20-11-21(37)13-36(20)24-10-19(27(29,30)31)9-23(35-24)28(32,33)34/h9-10,16-18,20-22H,4-8,11-15H2,1-3H3/t17-,18+,20-,21-,22+,26-/m0/s1. The number of piperazine rings is 1. The van der Waals surface area contributed by atoms with Gasteiger partial charge in [0.25, 0.3) is 0 Å². The van der Waals surface area contributed by atoms with Gasteiger partial charge in [0.15, 0.2) is 0 Å². The first kappa shape index (κ1) is 29.4. The minimum atomic E-state index is -5.01. The van der Waals surface area contributed by atoms with E-state index in [2.05, 4.69) is 18.8 Å². The molecule has 40 heavy (non-hydrogen) atoms. The zero-order valence-electron chi connectivity index (χ0n) is 23.0. The summed E-state index contributed by atoms with van der Waals surface area (Å²) in [5.41, 5.74) is -3.47. The maximum atomic E-state index is 14.1. The highest BCUT2D eigenvalue weighted by molar-refractivity contribution is 5.84. The minimum absolute atomic E-state index is 0.0474. The molecule has 224 valence electrons. The Labute approximate surface area is 230 Å². The van der Waals surface area contributed by atoms with Crippen molar-refractivity contribution in [3.63, 3.8) is 0 Å². The average Bonchev–Trinajstić information content (AvgIpc) is 3.62. The van der Waals surface area contributed by atoms with Crippen molar-refractivity contribution < 1.29 is 40.6 Å². The molecule has 5 rings (SSSR count). The van der Waals surface area contributed by atoms with E-state index in [1.165, 1.54) is 4.90 Å². The highest BCUT2D eigenvalue weighted by atomic mass is 19.4. The lowest BCUT2D eigenvalue weighted by Crippen LogP contribution is -2.54. The van der Waals surface area contributed by atoms with Crippen LogP contribution in [0.15, 0.2) is 12.1 Å². The highest BCUT2D eigenvalue weighted by Gasteiger charge is 2.55. The molecule has 12 heteroatoms. The number of hydrogen-bond acceptors (Lipinski definition) is 5. The number of aromatic nitrogens is 1. The maximum Gasteiger partial charge on any atom is 0.433 e. The van der Waals surface area contributed by atoms with E-state index < -0.39 is 29.0 Å². The highest BCUT2D eigenvalue weighted by Crippen LogP contribution is 2.52. The predicted molar refractivity (Wildman–Crippen MR) is 134 cm³/mol. The van der Waals surface area contributed by atoms with Crippen LogP contribution in [0.4, 0.5) is 32.2 Å². The molecule has 0 N–H and O–H groups in total. The second kappa shape index (κ2) is 10.6. The fraction of sp³-hybridized carbons (Fsp3) is 0.786. The number of nitrogens with zero attached hydrogens (tertiary/aromatic N) is 3. The number of alkyl halides is 6. The van der Waals surface area contributed by atoms with Crippen LogP contribution in [-0.4, -0.2) is 67.4 Å². The molecule has 4 aliphatic rings. The molecule has 0 aromatic carbocycles. The lowest BCUT2D eigenvalue weighted by Gasteiger charge is -2.42. The Hall–Kier alpha value is -2.08. The van der Waals surface area contributed by atoms with E-state index in [4.69, 9.17) is 9.47 Å². The van der Waals surface area contributed by atoms with Crippen molar-refractivity contribution in [3.8, 4) is 0 Å². The number of pyridine rings is 1. The molecule has 3 aliphatic heterocycles. The molecule has 3 saturated heterocycles. The average molecular weight is 578 g/mol. The topological polar surface area (TPSA) is 54.9 Å². The molecular formula is C28H37F6N3O3. The summed E-state index contributed by atoms with van der Waals surface area (Å²) in [5.74, 6) is 0.608. The van der Waals surface area contributed by atoms with Crippen LogP contribution >= 0.6 is 0 Å². The number of likely N-dealkylation sites (tertiary alicyclic amines) is 1. The molecule has 4 fully saturated rings. The normalized spacial score (nSPS) is 32.9. The van der Waals surface area contributed by atoms with Gasteiger partial charge in [-0.1, -0.05) is 13.8 Å². The summed E-state index contributed by atoms with van der Waals surface area (Å²) < 4.78 is 91.6. The zero-order chi connectivity index (χ0) is 29.0. The maximum absolute atomic E-state index is 14.1. The second-order valence-corrected chi connectivity index (χ2v) is 12.3. The number of amides is 1. The van der Waals surface area contributed by atoms with Gasteiger partial charge in [0.2, 0.25) is 5.91 Å². The minimum Gasteiger partial charge on any atom is -0.379 e. The van der Waals surface area contributed by atoms with Gasteiger partial charge in [-0.2, -0.15) is 26.3 Å². The molecule has 1 saturated carbocycles. The van der Waals surface area contributed by atoms with Crippen LogP contribution < -0.4 is 4.90 Å². The van der Waals surface area contributed by atoms with Crippen LogP contribution in [0.1, 0.15) is 63.6 Å². The van der Waals surface area contributed by atoms with E-state index >= 15 is 0 Å². The van der Waals surface area contributed by atoms with Gasteiger partial charge in [0.1, 0.15) is 11.5 Å². The quantitative estimate of drug-likeness (QED) is 0.401. The number of anilines is 1. The van der Waals surface area contributed by atoms with Crippen LogP contribution in [-0.2, 0) is 26.6 Å². The fourth-order valence-corrected chi connectivity index (χ4v) is 7.52. The third-order valence-electron chi connectivity index (χ3n) is 9.79. The molecule has 6 nitrogen and oxygen atoms in total. The largest absolute Gasteiger partial charge is 0.433 e. The van der Waals surface area contributed by atoms with Crippen molar-refractivity contribution in [2.24, 2.45) is 23.2 Å². The summed E-state index contributed by atoms with van der Waals surface area (Å²) in [6, 6.07) is 0.0811. The molecule has 1 aromatic heterocycles. The van der Waals surface area contributed by atoms with Crippen molar-refractivity contribution in [3.05, 3.63) is 23.4 Å². The number of rotatable bonds is 6. The van der Waals surface area contributed by atoms with Crippen molar-refractivity contribution >= 4 is 11.7 Å². The van der Waals surface area contributed by atoms with Crippen LogP contribution in [0.5, 0.6) is 0 Å². The Kier molecular flexibility index (Phi) is 7.82. The molecule has 1 aromatic rings. The Morgan fingerprint density at radius 2 is 1.88 bits per heavy atom. The molecule has 6 atom stereocenters. The van der Waals surface area contributed by atoms with E-state index in [0.29, 0.717) is 37.5 Å². The molecule has 4 heterocycles. The second-order valence-electron chi connectivity index (χ2n) is 12.3. The number of carbonyl (C=O) groups is 1. The van der Waals surface area contributed by atoms with Crippen LogP contribution in [0.3, 0.4) is 0 Å². The van der Waals surface area contributed by atoms with Gasteiger partial charge < -0.3 is 19.3 Å². The van der Waals surface area contributed by atoms with Crippen LogP contribution in [0, 0.1) is 23.2 Å². The summed E-state index contributed by atoms with van der Waals surface area (Å²) in [6.45, 7) is 5.87. The van der Waals surface area contributed by atoms with Gasteiger partial charge in [-0.05, 0) is 68.4 Å². The summed E-state index contributed by atoms with van der Waals surface area (Å²) in [6.07, 6.45) is -4.98. The Morgan fingerprint density at radius 1 is 1.12 bits per heavy atom. The van der Waals surface area contributed by atoms with Gasteiger partial charge in [-0.15, -0.1) is 0 Å². The van der Waals surface area contributed by atoms with Gasteiger partial charge in [0.05, 0.1) is 35.8 Å². The number of carbonyl (C=O) groups excluding carboxylic acids is 1. The molecular weight excluding hydrogens is 540 g/mol. The molecule has 0 unspecified atom stereocenters. The lowest BCUT2D eigenvalue weighted by atomic mass is 9.73. The van der Waals surface area contributed by atoms with E-state index in [1.54, 1.807) is 7.11 Å². The molecule has 1 aliphatic carbocycles. The number of fused-ring (bicyclic) bond motifs is 2. The number of hydrogen-bond donors (Lipinski definition) is 0. The Balaban J connectivity index is 1.30. The lowest BCUT2D eigenvalue weighted by molar-refractivity contribution is -0.146. The molecule has 0 spiro atoms. The van der Waals surface area contributed by atoms with Crippen molar-refractivity contribution in [2.45, 2.75) is 82.9 Å². The predicted octanol–water partition coefficient (Wildman–Crippen LogP) is 5.79. The van der Waals surface area contributed by atoms with Crippen LogP contribution in [0.2, 0.25) is 0 Å². The third kappa shape index (κ3) is 5.42. The van der Waals surface area contributed by atoms with E-state index in [0.717, 1.165) is 32.1 Å². The number of methoxy groups -OCH3 is 1. The first-order valence-electron chi connectivity index (χ1n) is 14.1. The van der Waals surface area contributed by atoms with Gasteiger partial charge >= 0.3 is 12.4 Å². The third-order valence-corrected chi connectivity index (χ3v) is 9.79. The van der Waals surface area contributed by atoms with Gasteiger partial charge in [-0.3, -0.25) is 4.79 Å². The van der Waals surface area contributed by atoms with E-state index in [9.17, 15) is 31.1 Å². The van der Waals surface area contributed by atoms with E-state index in [1.807, 2.05) is 4.90 Å². The van der Waals surface area contributed by atoms with Gasteiger partial charge in [0, 0.05) is 26.8 Å². The zero-order valence-corrected chi connectivity index (χ0v) is 23.0. The summed E-state index contributed by atoms with van der Waals surface area (Å²) in [7, 11) is 1.70. The smallest absolute Gasteiger partial charge is 0.379 e. The Bertz CT molecular complexity index is 1060. The first-order chi connectivity index (χ1) is 18.7. The Morgan fingerprint density at radius 3 is 2.48 bits per heavy atom. The fourth-order valence-electron chi connectivity index (χ4n) is 7.52. The molecule has 0 radical (unpaired) electrons. The number of ether oxygens (including phenoxy) is 2. The van der Waals surface area contributed by atoms with Crippen molar-refractivity contribution in [1.29, 1.82) is 0 Å². The molecule has 1 amide bonds. The summed E-state index contributed by atoms with van der Waals surface area (Å²) in [4.78, 5) is 21.0. The summed E-state index contributed by atoms with van der Waals surface area (Å²) in [5, 5.41) is 0. The van der Waals surface area contributed by atoms with Crippen molar-refractivity contribution in [1.82, 2.24) is 9.88 Å². The summed E-state index contributed by atoms with van der Waals surface area (Å²) >= 11 is 0. The molecule has 2 bridgehead atoms.